The number of rotatable bonds is 7. The highest BCUT2D eigenvalue weighted by Gasteiger charge is 2.05. The number of hydrogen-bond acceptors (Lipinski definition) is 2. The molecule has 0 amide bonds. The molecule has 2 nitrogen and oxygen atoms in total. The zero-order chi connectivity index (χ0) is 13.4. The van der Waals surface area contributed by atoms with Crippen molar-refractivity contribution in [2.24, 2.45) is 0 Å². The summed E-state index contributed by atoms with van der Waals surface area (Å²) in [6.45, 7) is 5.22. The van der Waals surface area contributed by atoms with Crippen LogP contribution in [-0.2, 0) is 6.54 Å². The molecule has 0 radical (unpaired) electrons. The van der Waals surface area contributed by atoms with Gasteiger partial charge in [0.2, 0.25) is 0 Å². The van der Waals surface area contributed by atoms with Gasteiger partial charge < -0.3 is 10.1 Å². The molecule has 0 aliphatic heterocycles. The molecule has 0 atom stereocenters. The van der Waals surface area contributed by atoms with E-state index >= 15 is 0 Å². The third-order valence-corrected chi connectivity index (χ3v) is 2.43. The Bertz CT molecular complexity index is 409. The third kappa shape index (κ3) is 5.20. The molecule has 0 saturated heterocycles. The van der Waals surface area contributed by atoms with Crippen molar-refractivity contribution in [1.82, 2.24) is 5.32 Å². The Morgan fingerprint density at radius 3 is 2.83 bits per heavy atom. The molecule has 0 aromatic heterocycles. The second-order valence-electron chi connectivity index (χ2n) is 4.46. The maximum atomic E-state index is 13.7. The van der Waals surface area contributed by atoms with Gasteiger partial charge in [-0.2, -0.15) is 0 Å². The summed E-state index contributed by atoms with van der Waals surface area (Å²) in [6, 6.07) is 5.43. The normalized spacial score (nSPS) is 10.4. The van der Waals surface area contributed by atoms with Gasteiger partial charge in [0.25, 0.3) is 0 Å². The molecule has 98 valence electrons. The number of nitrogens with one attached hydrogen (secondary N) is 1. The fraction of sp³-hybridized carbons (Fsp3) is 0.467. The average Bonchev–Trinajstić information content (AvgIpc) is 2.34. The van der Waals surface area contributed by atoms with Gasteiger partial charge in [-0.3, -0.25) is 0 Å². The van der Waals surface area contributed by atoms with E-state index in [9.17, 15) is 4.39 Å². The summed E-state index contributed by atoms with van der Waals surface area (Å²) in [6.07, 6.45) is 6.52. The zero-order valence-electron chi connectivity index (χ0n) is 11.0. The van der Waals surface area contributed by atoms with Crippen molar-refractivity contribution >= 4 is 0 Å². The van der Waals surface area contributed by atoms with Crippen LogP contribution in [0, 0.1) is 18.2 Å². The van der Waals surface area contributed by atoms with Crippen molar-refractivity contribution in [2.45, 2.75) is 39.3 Å². The lowest BCUT2D eigenvalue weighted by Crippen LogP contribution is -2.21. The van der Waals surface area contributed by atoms with E-state index in [1.54, 1.807) is 6.07 Å². The Labute approximate surface area is 109 Å². The van der Waals surface area contributed by atoms with Crippen LogP contribution in [-0.4, -0.2) is 12.6 Å². The molecule has 0 unspecified atom stereocenters. The number of halogens is 1. The van der Waals surface area contributed by atoms with Gasteiger partial charge in [0.15, 0.2) is 11.6 Å². The lowest BCUT2D eigenvalue weighted by atomic mass is 10.2. The summed E-state index contributed by atoms with van der Waals surface area (Å²) < 4.78 is 19.0. The average molecular weight is 249 g/mol. The molecule has 18 heavy (non-hydrogen) atoms. The van der Waals surface area contributed by atoms with Crippen LogP contribution >= 0.6 is 0 Å². The minimum Gasteiger partial charge on any atom is -0.490 e. The van der Waals surface area contributed by atoms with Crippen LogP contribution in [0.1, 0.15) is 32.3 Å². The first-order valence-electron chi connectivity index (χ1n) is 6.21. The molecule has 1 aromatic rings. The molecule has 1 aromatic carbocycles. The quantitative estimate of drug-likeness (QED) is 0.592. The number of unbranched alkanes of at least 4 members (excludes halogenated alkanes) is 1. The Morgan fingerprint density at radius 1 is 1.44 bits per heavy atom. The van der Waals surface area contributed by atoms with Crippen LogP contribution in [0.5, 0.6) is 5.75 Å². The molecule has 0 heterocycles. The number of hydrogen-bond donors (Lipinski definition) is 1. The van der Waals surface area contributed by atoms with E-state index in [1.165, 1.54) is 6.07 Å². The van der Waals surface area contributed by atoms with Gasteiger partial charge in [-0.25, -0.2) is 4.39 Å². The fourth-order valence-corrected chi connectivity index (χ4v) is 1.45. The van der Waals surface area contributed by atoms with Gasteiger partial charge in [-0.15, -0.1) is 12.3 Å². The first-order valence-corrected chi connectivity index (χ1v) is 6.21. The van der Waals surface area contributed by atoms with Crippen molar-refractivity contribution < 1.29 is 9.13 Å². The molecule has 3 heteroatoms. The Kier molecular flexibility index (Phi) is 6.24. The number of terminal acetylenes is 1. The largest absolute Gasteiger partial charge is 0.490 e. The summed E-state index contributed by atoms with van der Waals surface area (Å²) in [7, 11) is 0. The molecule has 0 fully saturated rings. The van der Waals surface area contributed by atoms with Gasteiger partial charge in [0, 0.05) is 19.0 Å². The summed E-state index contributed by atoms with van der Waals surface area (Å²) in [5, 5.41) is 3.24. The smallest absolute Gasteiger partial charge is 0.165 e. The van der Waals surface area contributed by atoms with Crippen molar-refractivity contribution in [1.29, 1.82) is 0 Å². The number of benzene rings is 1. The minimum atomic E-state index is -0.321. The Morgan fingerprint density at radius 2 is 2.22 bits per heavy atom. The van der Waals surface area contributed by atoms with E-state index in [0.717, 1.165) is 12.0 Å². The predicted octanol–water partition coefficient (Wildman–Crippen LogP) is 3.12. The molecular weight excluding hydrogens is 229 g/mol. The molecule has 0 spiro atoms. The van der Waals surface area contributed by atoms with Crippen LogP contribution in [0.25, 0.3) is 0 Å². The highest BCUT2D eigenvalue weighted by molar-refractivity contribution is 5.29. The molecule has 0 aliphatic carbocycles. The molecule has 0 aliphatic rings. The molecule has 1 rings (SSSR count). The molecular formula is C15H20FNO. The highest BCUT2D eigenvalue weighted by Crippen LogP contribution is 2.18. The van der Waals surface area contributed by atoms with Crippen molar-refractivity contribution in [3.05, 3.63) is 29.6 Å². The van der Waals surface area contributed by atoms with E-state index in [-0.39, 0.29) is 5.82 Å². The molecule has 1 N–H and O–H groups in total. The van der Waals surface area contributed by atoms with Crippen molar-refractivity contribution in [3.63, 3.8) is 0 Å². The van der Waals surface area contributed by atoms with Crippen LogP contribution in [0.3, 0.4) is 0 Å². The molecule has 0 saturated carbocycles. The molecule has 0 bridgehead atoms. The van der Waals surface area contributed by atoms with E-state index in [0.29, 0.717) is 31.4 Å². The lowest BCUT2D eigenvalue weighted by Gasteiger charge is -2.10. The Hall–Kier alpha value is -1.53. The summed E-state index contributed by atoms with van der Waals surface area (Å²) in [5.41, 5.74) is 0.914. The van der Waals surface area contributed by atoms with E-state index in [1.807, 2.05) is 6.07 Å². The van der Waals surface area contributed by atoms with Crippen molar-refractivity contribution in [2.75, 3.05) is 6.61 Å². The zero-order valence-corrected chi connectivity index (χ0v) is 11.0. The van der Waals surface area contributed by atoms with Crippen LogP contribution in [0.15, 0.2) is 18.2 Å². The Balaban J connectivity index is 2.49. The maximum Gasteiger partial charge on any atom is 0.165 e. The summed E-state index contributed by atoms with van der Waals surface area (Å²) in [5.74, 6) is 2.49. The SMILES string of the molecule is C#CCCCOc1ccc(CNC(C)C)cc1F. The predicted molar refractivity (Wildman–Crippen MR) is 71.9 cm³/mol. The van der Waals surface area contributed by atoms with Crippen LogP contribution in [0.4, 0.5) is 4.39 Å². The topological polar surface area (TPSA) is 21.3 Å². The van der Waals surface area contributed by atoms with Gasteiger partial charge in [0.1, 0.15) is 0 Å². The first kappa shape index (κ1) is 14.5. The van der Waals surface area contributed by atoms with Gasteiger partial charge >= 0.3 is 0 Å². The maximum absolute atomic E-state index is 13.7. The minimum absolute atomic E-state index is 0.292. The van der Waals surface area contributed by atoms with Crippen molar-refractivity contribution in [3.8, 4) is 18.1 Å². The monoisotopic (exact) mass is 249 g/mol. The summed E-state index contributed by atoms with van der Waals surface area (Å²) >= 11 is 0. The van der Waals surface area contributed by atoms with Crippen LogP contribution in [0.2, 0.25) is 0 Å². The lowest BCUT2D eigenvalue weighted by molar-refractivity contribution is 0.297. The van der Waals surface area contributed by atoms with Gasteiger partial charge in [-0.05, 0) is 24.1 Å². The van der Waals surface area contributed by atoms with E-state index in [4.69, 9.17) is 11.2 Å². The van der Waals surface area contributed by atoms with Crippen LogP contribution < -0.4 is 10.1 Å². The van der Waals surface area contributed by atoms with Gasteiger partial charge in [0.05, 0.1) is 6.61 Å². The standard InChI is InChI=1S/C15H20FNO/c1-4-5-6-9-18-15-8-7-13(10-14(15)16)11-17-12(2)3/h1,7-8,10,12,17H,5-6,9,11H2,2-3H3. The highest BCUT2D eigenvalue weighted by atomic mass is 19.1. The first-order chi connectivity index (χ1) is 8.63. The van der Waals surface area contributed by atoms with E-state index < -0.39 is 0 Å². The fourth-order valence-electron chi connectivity index (χ4n) is 1.45. The second kappa shape index (κ2) is 7.73. The third-order valence-electron chi connectivity index (χ3n) is 2.43. The van der Waals surface area contributed by atoms with E-state index in [2.05, 4.69) is 25.1 Å². The summed E-state index contributed by atoms with van der Waals surface area (Å²) in [4.78, 5) is 0. The second-order valence-corrected chi connectivity index (χ2v) is 4.46. The van der Waals surface area contributed by atoms with Gasteiger partial charge in [-0.1, -0.05) is 19.9 Å². The number of ether oxygens (including phenoxy) is 1.